The normalized spacial score (nSPS) is 17.0. The fraction of sp³-hybridized carbons (Fsp3) is 0.360. The average Bonchev–Trinajstić information content (AvgIpc) is 2.75. The van der Waals surface area contributed by atoms with Crippen molar-refractivity contribution in [3.63, 3.8) is 0 Å². The second-order valence-electron chi connectivity index (χ2n) is 8.41. The maximum absolute atomic E-state index is 13.8. The number of fused-ring (bicyclic) bond motifs is 1. The van der Waals surface area contributed by atoms with Crippen LogP contribution in [0, 0.1) is 0 Å². The van der Waals surface area contributed by atoms with Crippen LogP contribution >= 0.6 is 0 Å². The molecule has 0 aliphatic heterocycles. The summed E-state index contributed by atoms with van der Waals surface area (Å²) in [5.41, 5.74) is -0.224. The molecule has 7 heteroatoms. The Morgan fingerprint density at radius 1 is 1.09 bits per heavy atom. The predicted octanol–water partition coefficient (Wildman–Crippen LogP) is 5.63. The molecular weight excluding hydrogens is 419 g/mol. The number of carbonyl (C=O) groups is 2. The average molecular weight is 443 g/mol. The summed E-state index contributed by atoms with van der Waals surface area (Å²) in [5, 5.41) is 13.2. The number of phenolic OH excluding ortho intramolecular Hbond substituents is 1. The Bertz CT molecular complexity index is 1080. The van der Waals surface area contributed by atoms with Gasteiger partial charge >= 0.3 is 6.18 Å². The van der Waals surface area contributed by atoms with Gasteiger partial charge in [0.2, 0.25) is 0 Å². The van der Waals surface area contributed by atoms with Crippen LogP contribution in [0.5, 0.6) is 5.75 Å². The summed E-state index contributed by atoms with van der Waals surface area (Å²) in [6.45, 7) is 0. The maximum atomic E-state index is 13.8. The molecule has 0 bridgehead atoms. The Morgan fingerprint density at radius 2 is 1.84 bits per heavy atom. The second kappa shape index (κ2) is 8.81. The van der Waals surface area contributed by atoms with Crippen molar-refractivity contribution < 1.29 is 27.9 Å². The van der Waals surface area contributed by atoms with Crippen molar-refractivity contribution in [3.8, 4) is 5.75 Å². The van der Waals surface area contributed by atoms with E-state index in [0.29, 0.717) is 11.3 Å². The van der Waals surface area contributed by atoms with Gasteiger partial charge in [-0.15, -0.1) is 0 Å². The lowest BCUT2D eigenvalue weighted by Crippen LogP contribution is -2.23. The number of hydrogen-bond acceptors (Lipinski definition) is 4. The van der Waals surface area contributed by atoms with E-state index < -0.39 is 29.7 Å². The molecule has 0 amide bonds. The minimum atomic E-state index is -4.63. The molecule has 4 nitrogen and oxygen atoms in total. The highest BCUT2D eigenvalue weighted by Gasteiger charge is 2.35. The highest BCUT2D eigenvalue weighted by atomic mass is 19.4. The molecule has 0 unspecified atom stereocenters. The van der Waals surface area contributed by atoms with Crippen LogP contribution in [0.4, 0.5) is 18.9 Å². The number of anilines is 1. The Balaban J connectivity index is 1.57. The molecule has 0 spiro atoms. The van der Waals surface area contributed by atoms with E-state index in [1.165, 1.54) is 18.2 Å². The Labute approximate surface area is 184 Å². The molecule has 2 aromatic rings. The largest absolute Gasteiger partial charge is 0.507 e. The first kappa shape index (κ1) is 22.1. The van der Waals surface area contributed by atoms with Gasteiger partial charge in [-0.25, -0.2) is 0 Å². The fourth-order valence-electron chi connectivity index (χ4n) is 4.53. The summed E-state index contributed by atoms with van der Waals surface area (Å²) in [4.78, 5) is 25.6. The molecule has 168 valence electrons. The monoisotopic (exact) mass is 443 g/mol. The number of alkyl halides is 3. The van der Waals surface area contributed by atoms with Crippen molar-refractivity contribution in [1.29, 1.82) is 0 Å². The topological polar surface area (TPSA) is 66.4 Å². The first-order chi connectivity index (χ1) is 15.2. The summed E-state index contributed by atoms with van der Waals surface area (Å²) >= 11 is 0. The summed E-state index contributed by atoms with van der Waals surface area (Å²) in [6, 6.07) is 8.69. The molecule has 2 aliphatic carbocycles. The van der Waals surface area contributed by atoms with E-state index in [9.17, 15) is 27.9 Å². The summed E-state index contributed by atoms with van der Waals surface area (Å²) in [6.07, 6.45) is 1.61. The van der Waals surface area contributed by atoms with Crippen molar-refractivity contribution in [1.82, 2.24) is 0 Å². The van der Waals surface area contributed by atoms with Gasteiger partial charge in [0, 0.05) is 18.2 Å². The zero-order valence-corrected chi connectivity index (χ0v) is 17.5. The minimum absolute atomic E-state index is 0.0430. The molecule has 4 rings (SSSR count). The number of aromatic hydroxyl groups is 1. The van der Waals surface area contributed by atoms with E-state index in [1.807, 2.05) is 0 Å². The van der Waals surface area contributed by atoms with E-state index in [1.54, 1.807) is 18.2 Å². The molecule has 0 saturated heterocycles. The number of allylic oxidation sites excluding steroid dienone is 2. The molecule has 0 radical (unpaired) electrons. The summed E-state index contributed by atoms with van der Waals surface area (Å²) in [7, 11) is 0. The van der Waals surface area contributed by atoms with Crippen LogP contribution < -0.4 is 5.32 Å². The number of rotatable bonds is 5. The summed E-state index contributed by atoms with van der Waals surface area (Å²) in [5.74, 6) is -1.58. The van der Waals surface area contributed by atoms with Crippen LogP contribution in [0.25, 0.3) is 0 Å². The number of hydrogen-bond donors (Lipinski definition) is 2. The van der Waals surface area contributed by atoms with E-state index in [4.69, 9.17) is 0 Å². The van der Waals surface area contributed by atoms with Gasteiger partial charge in [-0.3, -0.25) is 9.59 Å². The van der Waals surface area contributed by atoms with Crippen molar-refractivity contribution >= 4 is 17.3 Å². The van der Waals surface area contributed by atoms with Gasteiger partial charge in [0.05, 0.1) is 16.7 Å². The lowest BCUT2D eigenvalue weighted by Gasteiger charge is -2.25. The van der Waals surface area contributed by atoms with E-state index >= 15 is 0 Å². The van der Waals surface area contributed by atoms with Gasteiger partial charge in [-0.05, 0) is 48.6 Å². The summed E-state index contributed by atoms with van der Waals surface area (Å²) < 4.78 is 41.3. The highest BCUT2D eigenvalue weighted by Crippen LogP contribution is 2.36. The third kappa shape index (κ3) is 4.56. The van der Waals surface area contributed by atoms with Crippen molar-refractivity contribution in [2.75, 3.05) is 5.32 Å². The van der Waals surface area contributed by atoms with Gasteiger partial charge in [0.15, 0.2) is 11.6 Å². The number of nitrogens with one attached hydrogen (secondary N) is 1. The van der Waals surface area contributed by atoms with Crippen molar-refractivity contribution in [2.24, 2.45) is 0 Å². The zero-order valence-electron chi connectivity index (χ0n) is 17.5. The van der Waals surface area contributed by atoms with E-state index in [2.05, 4.69) is 5.32 Å². The van der Waals surface area contributed by atoms with Gasteiger partial charge in [0.25, 0.3) is 0 Å². The number of carbonyl (C=O) groups excluding carboxylic acids is 2. The molecule has 1 fully saturated rings. The second-order valence-corrected chi connectivity index (χ2v) is 8.41. The van der Waals surface area contributed by atoms with E-state index in [0.717, 1.165) is 38.2 Å². The maximum Gasteiger partial charge on any atom is 0.416 e. The lowest BCUT2D eigenvalue weighted by atomic mass is 9.86. The molecule has 0 atom stereocenters. The molecular formula is C25H24F3NO3. The molecule has 0 aromatic heterocycles. The SMILES string of the molecule is O=C(Cc1ccc(NC2CCCCC2)cc1C(F)(F)F)C1=CCc2cccc(O)c2C1=O. The number of benzene rings is 2. The van der Waals surface area contributed by atoms with Crippen molar-refractivity contribution in [3.05, 3.63) is 70.3 Å². The number of halogens is 3. The van der Waals surface area contributed by atoms with Crippen LogP contribution in [0.3, 0.4) is 0 Å². The standard InChI is InChI=1S/C25H24F3NO3/c26-25(27,28)20-14-18(29-17-6-2-1-3-7-17)11-9-16(20)13-22(31)19-12-10-15-5-4-8-21(30)23(15)24(19)32/h4-5,8-9,11-12,14,17,29-30H,1-3,6-7,10,13H2. The first-order valence-corrected chi connectivity index (χ1v) is 10.8. The number of ketones is 2. The molecule has 1 saturated carbocycles. The van der Waals surface area contributed by atoms with Gasteiger partial charge in [-0.1, -0.05) is 43.5 Å². The number of Topliss-reactive ketones (excluding diaryl/α,β-unsaturated/α-hetero) is 2. The molecule has 2 aliphatic rings. The van der Waals surface area contributed by atoms with Gasteiger partial charge in [-0.2, -0.15) is 13.2 Å². The third-order valence-corrected chi connectivity index (χ3v) is 6.17. The molecule has 32 heavy (non-hydrogen) atoms. The first-order valence-electron chi connectivity index (χ1n) is 10.8. The van der Waals surface area contributed by atoms with Crippen molar-refractivity contribution in [2.45, 2.75) is 57.2 Å². The third-order valence-electron chi connectivity index (χ3n) is 6.17. The highest BCUT2D eigenvalue weighted by molar-refractivity contribution is 6.28. The zero-order chi connectivity index (χ0) is 22.9. The molecule has 2 aromatic carbocycles. The minimum Gasteiger partial charge on any atom is -0.507 e. The van der Waals surface area contributed by atoms with E-state index in [-0.39, 0.29) is 34.9 Å². The van der Waals surface area contributed by atoms with Gasteiger partial charge < -0.3 is 10.4 Å². The number of phenols is 1. The smallest absolute Gasteiger partial charge is 0.416 e. The van der Waals surface area contributed by atoms with Crippen LogP contribution in [0.1, 0.15) is 59.2 Å². The Kier molecular flexibility index (Phi) is 6.09. The Hall–Kier alpha value is -3.09. The quantitative estimate of drug-likeness (QED) is 0.588. The fourth-order valence-corrected chi connectivity index (χ4v) is 4.53. The van der Waals surface area contributed by atoms with Gasteiger partial charge in [0.1, 0.15) is 5.75 Å². The van der Waals surface area contributed by atoms with Crippen LogP contribution in [-0.4, -0.2) is 22.7 Å². The van der Waals surface area contributed by atoms with Crippen LogP contribution in [0.15, 0.2) is 48.0 Å². The molecule has 0 heterocycles. The predicted molar refractivity (Wildman–Crippen MR) is 115 cm³/mol. The molecule has 2 N–H and O–H groups in total. The lowest BCUT2D eigenvalue weighted by molar-refractivity contribution is -0.138. The Morgan fingerprint density at radius 3 is 2.56 bits per heavy atom. The van der Waals surface area contributed by atoms with Crippen LogP contribution in [0.2, 0.25) is 0 Å². The van der Waals surface area contributed by atoms with Crippen LogP contribution in [-0.2, 0) is 23.8 Å².